The van der Waals surface area contributed by atoms with Crippen molar-refractivity contribution in [3.63, 3.8) is 0 Å². The van der Waals surface area contributed by atoms with Crippen LogP contribution in [0.5, 0.6) is 0 Å². The number of carboxylic acid groups (broad SMARTS) is 1. The van der Waals surface area contributed by atoms with Gasteiger partial charge in [-0.2, -0.15) is 0 Å². The maximum atomic E-state index is 11.8. The zero-order valence-corrected chi connectivity index (χ0v) is 12.7. The molecule has 100 valence electrons. The Hall–Kier alpha value is -0.730. The number of nitrogens with one attached hydrogen (secondary N) is 1. The SMILES string of the molecule is CC(=O)N[C@@H](CS(=O)Cc1sccc1Br)C(=O)O. The molecule has 0 saturated carbocycles. The molecule has 1 rings (SSSR count). The fourth-order valence-electron chi connectivity index (χ4n) is 1.24. The smallest absolute Gasteiger partial charge is 0.327 e. The first-order valence-electron chi connectivity index (χ1n) is 4.97. The van der Waals surface area contributed by atoms with E-state index in [0.29, 0.717) is 0 Å². The van der Waals surface area contributed by atoms with Gasteiger partial charge >= 0.3 is 5.97 Å². The minimum atomic E-state index is -1.34. The molecule has 2 N–H and O–H groups in total. The molecule has 0 aliphatic rings. The van der Waals surface area contributed by atoms with E-state index in [0.717, 1.165) is 9.35 Å². The largest absolute Gasteiger partial charge is 0.480 e. The van der Waals surface area contributed by atoms with Gasteiger partial charge in [-0.25, -0.2) is 4.79 Å². The lowest BCUT2D eigenvalue weighted by Gasteiger charge is -2.12. The van der Waals surface area contributed by atoms with Gasteiger partial charge in [0, 0.05) is 27.1 Å². The highest BCUT2D eigenvalue weighted by molar-refractivity contribution is 9.10. The van der Waals surface area contributed by atoms with Gasteiger partial charge in [-0.1, -0.05) is 0 Å². The summed E-state index contributed by atoms with van der Waals surface area (Å²) in [6.45, 7) is 1.23. The molecule has 0 aromatic carbocycles. The molecule has 0 aliphatic carbocycles. The van der Waals surface area contributed by atoms with Crippen molar-refractivity contribution in [1.29, 1.82) is 0 Å². The first-order valence-corrected chi connectivity index (χ1v) is 8.13. The van der Waals surface area contributed by atoms with E-state index in [2.05, 4.69) is 21.2 Å². The molecule has 1 heterocycles. The summed E-state index contributed by atoms with van der Waals surface area (Å²) in [5, 5.41) is 13.0. The van der Waals surface area contributed by atoms with Crippen molar-refractivity contribution in [3.8, 4) is 0 Å². The number of halogens is 1. The molecule has 18 heavy (non-hydrogen) atoms. The van der Waals surface area contributed by atoms with Gasteiger partial charge in [0.15, 0.2) is 0 Å². The molecular formula is C10H12BrNO4S2. The molecule has 0 radical (unpaired) electrons. The molecule has 2 atom stereocenters. The molecule has 0 spiro atoms. The van der Waals surface area contributed by atoms with Gasteiger partial charge in [-0.15, -0.1) is 11.3 Å². The highest BCUT2D eigenvalue weighted by Crippen LogP contribution is 2.24. The third-order valence-electron chi connectivity index (χ3n) is 2.01. The lowest BCUT2D eigenvalue weighted by molar-refractivity contribution is -0.140. The molecule has 8 heteroatoms. The lowest BCUT2D eigenvalue weighted by Crippen LogP contribution is -2.43. The van der Waals surface area contributed by atoms with Crippen LogP contribution in [0.2, 0.25) is 0 Å². The molecular weight excluding hydrogens is 342 g/mol. The highest BCUT2D eigenvalue weighted by Gasteiger charge is 2.21. The molecule has 0 fully saturated rings. The molecule has 0 aliphatic heterocycles. The van der Waals surface area contributed by atoms with Crippen LogP contribution in [0.4, 0.5) is 0 Å². The average molecular weight is 354 g/mol. The van der Waals surface area contributed by atoms with Crippen LogP contribution in [0.25, 0.3) is 0 Å². The molecule has 1 amide bonds. The van der Waals surface area contributed by atoms with Crippen molar-refractivity contribution in [3.05, 3.63) is 20.8 Å². The van der Waals surface area contributed by atoms with Gasteiger partial charge in [0.25, 0.3) is 0 Å². The van der Waals surface area contributed by atoms with Crippen LogP contribution in [0, 0.1) is 0 Å². The third kappa shape index (κ3) is 4.87. The fraction of sp³-hybridized carbons (Fsp3) is 0.400. The van der Waals surface area contributed by atoms with Gasteiger partial charge < -0.3 is 10.4 Å². The average Bonchev–Trinajstić information content (AvgIpc) is 2.62. The minimum absolute atomic E-state index is 0.0980. The van der Waals surface area contributed by atoms with Crippen LogP contribution in [-0.4, -0.2) is 33.0 Å². The lowest BCUT2D eigenvalue weighted by atomic mass is 10.3. The van der Waals surface area contributed by atoms with Crippen molar-refractivity contribution in [1.82, 2.24) is 5.32 Å². The molecule has 0 bridgehead atoms. The van der Waals surface area contributed by atoms with Crippen molar-refractivity contribution < 1.29 is 18.9 Å². The summed E-state index contributed by atoms with van der Waals surface area (Å²) in [5.41, 5.74) is 0. The number of hydrogen-bond acceptors (Lipinski definition) is 4. The molecule has 1 aromatic heterocycles. The Kier molecular flexibility index (Phi) is 5.97. The van der Waals surface area contributed by atoms with Gasteiger partial charge in [-0.3, -0.25) is 9.00 Å². The summed E-state index contributed by atoms with van der Waals surface area (Å²) in [7, 11) is -1.34. The van der Waals surface area contributed by atoms with Crippen molar-refractivity contribution in [2.45, 2.75) is 18.7 Å². The number of carbonyl (C=O) groups excluding carboxylic acids is 1. The Bertz CT molecular complexity index is 474. The number of aliphatic carboxylic acids is 1. The van der Waals surface area contributed by atoms with E-state index >= 15 is 0 Å². The molecule has 1 unspecified atom stereocenters. The van der Waals surface area contributed by atoms with Gasteiger partial charge in [-0.05, 0) is 27.4 Å². The number of carboxylic acids is 1. The predicted molar refractivity (Wildman–Crippen MR) is 74.0 cm³/mol. The summed E-state index contributed by atoms with van der Waals surface area (Å²) in [6, 6.07) is 0.738. The van der Waals surface area contributed by atoms with E-state index in [-0.39, 0.29) is 11.5 Å². The Morgan fingerprint density at radius 1 is 1.61 bits per heavy atom. The van der Waals surface area contributed by atoms with E-state index in [4.69, 9.17) is 5.11 Å². The van der Waals surface area contributed by atoms with Crippen LogP contribution in [0.15, 0.2) is 15.9 Å². The molecule has 1 aromatic rings. The molecule has 5 nitrogen and oxygen atoms in total. The second kappa shape index (κ2) is 7.01. The van der Waals surface area contributed by atoms with E-state index in [1.165, 1.54) is 18.3 Å². The summed E-state index contributed by atoms with van der Waals surface area (Å²) in [6.07, 6.45) is 0. The van der Waals surface area contributed by atoms with Gasteiger partial charge in [0.05, 0.1) is 11.5 Å². The Morgan fingerprint density at radius 3 is 2.72 bits per heavy atom. The van der Waals surface area contributed by atoms with Crippen molar-refractivity contribution in [2.24, 2.45) is 0 Å². The third-order valence-corrected chi connectivity index (χ3v) is 5.44. The number of hydrogen-bond donors (Lipinski definition) is 2. The normalized spacial score (nSPS) is 13.9. The molecule has 0 saturated heterocycles. The predicted octanol–water partition coefficient (Wildman–Crippen LogP) is 1.35. The quantitative estimate of drug-likeness (QED) is 0.808. The Labute approximate surface area is 119 Å². The maximum Gasteiger partial charge on any atom is 0.327 e. The second-order valence-electron chi connectivity index (χ2n) is 3.53. The first kappa shape index (κ1) is 15.3. The van der Waals surface area contributed by atoms with Crippen LogP contribution >= 0.6 is 27.3 Å². The number of rotatable bonds is 6. The van der Waals surface area contributed by atoms with E-state index in [1.807, 2.05) is 11.4 Å². The zero-order valence-electron chi connectivity index (χ0n) is 9.51. The van der Waals surface area contributed by atoms with Crippen LogP contribution in [0.1, 0.15) is 11.8 Å². The zero-order chi connectivity index (χ0) is 13.7. The van der Waals surface area contributed by atoms with Crippen molar-refractivity contribution >= 4 is 49.9 Å². The maximum absolute atomic E-state index is 11.8. The van der Waals surface area contributed by atoms with E-state index in [9.17, 15) is 13.8 Å². The van der Waals surface area contributed by atoms with Crippen molar-refractivity contribution in [2.75, 3.05) is 5.75 Å². The number of thiophene rings is 1. The summed E-state index contributed by atoms with van der Waals surface area (Å²) < 4.78 is 12.7. The Morgan fingerprint density at radius 2 is 2.28 bits per heavy atom. The topological polar surface area (TPSA) is 83.5 Å². The van der Waals surface area contributed by atoms with Gasteiger partial charge in [0.1, 0.15) is 6.04 Å². The number of carbonyl (C=O) groups is 2. The van der Waals surface area contributed by atoms with Crippen LogP contribution in [-0.2, 0) is 26.1 Å². The highest BCUT2D eigenvalue weighted by atomic mass is 79.9. The number of amides is 1. The van der Waals surface area contributed by atoms with Crippen LogP contribution < -0.4 is 5.32 Å². The van der Waals surface area contributed by atoms with Gasteiger partial charge in [0.2, 0.25) is 5.91 Å². The minimum Gasteiger partial charge on any atom is -0.480 e. The fourth-order valence-corrected chi connectivity index (χ4v) is 4.53. The second-order valence-corrected chi connectivity index (χ2v) is 6.89. The Balaban J connectivity index is 2.59. The monoisotopic (exact) mass is 353 g/mol. The first-order chi connectivity index (χ1) is 8.40. The summed E-state index contributed by atoms with van der Waals surface area (Å²) >= 11 is 4.77. The summed E-state index contributed by atoms with van der Waals surface area (Å²) in [4.78, 5) is 22.6. The van der Waals surface area contributed by atoms with Crippen LogP contribution in [0.3, 0.4) is 0 Å². The summed E-state index contributed by atoms with van der Waals surface area (Å²) in [5.74, 6) is -1.44. The standard InChI is InChI=1S/C10H12BrNO4S2/c1-6(13)12-8(10(14)15)4-18(16)5-9-7(11)2-3-17-9/h2-3,8H,4-5H2,1H3,(H,12,13)(H,14,15)/t8-,18?/m0/s1. The van der Waals surface area contributed by atoms with E-state index < -0.39 is 28.7 Å². The van der Waals surface area contributed by atoms with E-state index in [1.54, 1.807) is 0 Å².